The van der Waals surface area contributed by atoms with Crippen molar-refractivity contribution in [2.75, 3.05) is 17.1 Å². The molecule has 0 aliphatic rings. The SMILES string of the molecule is CC[C@@H](C(=O)NC(C)C)N(Cc1c(Cl)cccc1Cl)C(=O)CN(c1cc(Cl)ccc1C)S(C)(=O)=O. The molecule has 1 atom stereocenters. The monoisotopic (exact) mass is 561 g/mol. The Morgan fingerprint density at radius 2 is 1.66 bits per heavy atom. The number of hydrogen-bond donors (Lipinski definition) is 1. The van der Waals surface area contributed by atoms with Crippen LogP contribution >= 0.6 is 34.8 Å². The van der Waals surface area contributed by atoms with Gasteiger partial charge in [-0.15, -0.1) is 0 Å². The van der Waals surface area contributed by atoms with Crippen LogP contribution in [0.3, 0.4) is 0 Å². The van der Waals surface area contributed by atoms with E-state index in [-0.39, 0.29) is 24.2 Å². The lowest BCUT2D eigenvalue weighted by atomic mass is 10.1. The molecule has 11 heteroatoms. The van der Waals surface area contributed by atoms with Gasteiger partial charge < -0.3 is 10.2 Å². The van der Waals surface area contributed by atoms with Gasteiger partial charge in [0.15, 0.2) is 0 Å². The van der Waals surface area contributed by atoms with E-state index in [4.69, 9.17) is 34.8 Å². The van der Waals surface area contributed by atoms with Crippen LogP contribution < -0.4 is 9.62 Å². The number of rotatable bonds is 10. The third-order valence-electron chi connectivity index (χ3n) is 5.33. The number of amides is 2. The normalized spacial score (nSPS) is 12.4. The highest BCUT2D eigenvalue weighted by Gasteiger charge is 2.33. The quantitative estimate of drug-likeness (QED) is 0.439. The van der Waals surface area contributed by atoms with E-state index in [2.05, 4.69) is 5.32 Å². The molecular formula is C24H30Cl3N3O4S. The predicted molar refractivity (Wildman–Crippen MR) is 143 cm³/mol. The number of halogens is 3. The van der Waals surface area contributed by atoms with Crippen LogP contribution in [0.4, 0.5) is 5.69 Å². The summed E-state index contributed by atoms with van der Waals surface area (Å²) in [5.74, 6) is -0.944. The van der Waals surface area contributed by atoms with E-state index >= 15 is 0 Å². The van der Waals surface area contributed by atoms with Crippen molar-refractivity contribution >= 4 is 62.3 Å². The Kier molecular flexibility index (Phi) is 10.3. The summed E-state index contributed by atoms with van der Waals surface area (Å²) in [7, 11) is -3.87. The Hall–Kier alpha value is -2.00. The van der Waals surface area contributed by atoms with Crippen molar-refractivity contribution < 1.29 is 18.0 Å². The smallest absolute Gasteiger partial charge is 0.244 e. The van der Waals surface area contributed by atoms with Gasteiger partial charge >= 0.3 is 0 Å². The number of carbonyl (C=O) groups excluding carboxylic acids is 2. The number of anilines is 1. The van der Waals surface area contributed by atoms with Crippen LogP contribution in [0.2, 0.25) is 15.1 Å². The fourth-order valence-electron chi connectivity index (χ4n) is 3.60. The summed E-state index contributed by atoms with van der Waals surface area (Å²) in [6, 6.07) is 8.72. The van der Waals surface area contributed by atoms with Gasteiger partial charge in [0.2, 0.25) is 21.8 Å². The van der Waals surface area contributed by atoms with Gasteiger partial charge in [0.05, 0.1) is 11.9 Å². The first-order valence-corrected chi connectivity index (χ1v) is 14.0. The van der Waals surface area contributed by atoms with Gasteiger partial charge in [-0.2, -0.15) is 0 Å². The highest BCUT2D eigenvalue weighted by Crippen LogP contribution is 2.29. The topological polar surface area (TPSA) is 86.8 Å². The number of carbonyl (C=O) groups is 2. The van der Waals surface area contributed by atoms with Crippen LogP contribution in [0.5, 0.6) is 0 Å². The number of hydrogen-bond acceptors (Lipinski definition) is 4. The molecule has 0 aromatic heterocycles. The molecule has 0 radical (unpaired) electrons. The van der Waals surface area contributed by atoms with Gasteiger partial charge in [-0.1, -0.05) is 53.9 Å². The number of sulfonamides is 1. The lowest BCUT2D eigenvalue weighted by Crippen LogP contribution is -2.53. The van der Waals surface area contributed by atoms with Crippen molar-refractivity contribution in [2.45, 2.75) is 52.7 Å². The fourth-order valence-corrected chi connectivity index (χ4v) is 5.18. The highest BCUT2D eigenvalue weighted by atomic mass is 35.5. The molecule has 2 aromatic carbocycles. The first kappa shape index (κ1) is 29.2. The zero-order chi connectivity index (χ0) is 26.5. The second-order valence-corrected chi connectivity index (χ2v) is 11.7. The summed E-state index contributed by atoms with van der Waals surface area (Å²) in [5.41, 5.74) is 1.37. The maximum Gasteiger partial charge on any atom is 0.244 e. The predicted octanol–water partition coefficient (Wildman–Crippen LogP) is 5.05. The third kappa shape index (κ3) is 7.74. The Labute approximate surface area is 222 Å². The summed E-state index contributed by atoms with van der Waals surface area (Å²) >= 11 is 18.8. The van der Waals surface area contributed by atoms with Gasteiger partial charge in [-0.25, -0.2) is 8.42 Å². The molecule has 35 heavy (non-hydrogen) atoms. The lowest BCUT2D eigenvalue weighted by molar-refractivity contribution is -0.140. The summed E-state index contributed by atoms with van der Waals surface area (Å²) in [5, 5.41) is 3.82. The molecule has 0 heterocycles. The van der Waals surface area contributed by atoms with Crippen LogP contribution in [0.1, 0.15) is 38.3 Å². The molecule has 0 aliphatic carbocycles. The standard InChI is InChI=1S/C24H30Cl3N3O4S/c1-6-21(24(32)28-15(2)3)29(13-18-19(26)8-7-9-20(18)27)23(31)14-30(35(5,33)34)22-12-17(25)11-10-16(22)4/h7-12,15,21H,6,13-14H2,1-5H3,(H,28,32)/t21-/m0/s1. The molecule has 2 aromatic rings. The number of nitrogens with one attached hydrogen (secondary N) is 1. The minimum absolute atomic E-state index is 0.0759. The first-order chi connectivity index (χ1) is 16.3. The maximum absolute atomic E-state index is 13.7. The molecule has 0 aliphatic heterocycles. The third-order valence-corrected chi connectivity index (χ3v) is 7.40. The van der Waals surface area contributed by atoms with Crippen molar-refractivity contribution in [1.29, 1.82) is 0 Å². The van der Waals surface area contributed by atoms with Crippen molar-refractivity contribution in [3.63, 3.8) is 0 Å². The Balaban J connectivity index is 2.55. The lowest BCUT2D eigenvalue weighted by Gasteiger charge is -2.34. The first-order valence-electron chi connectivity index (χ1n) is 11.0. The van der Waals surface area contributed by atoms with Gasteiger partial charge in [0.1, 0.15) is 12.6 Å². The van der Waals surface area contributed by atoms with Crippen LogP contribution in [-0.2, 0) is 26.2 Å². The molecule has 0 bridgehead atoms. The van der Waals surface area contributed by atoms with Crippen LogP contribution in [-0.4, -0.2) is 50.0 Å². The van der Waals surface area contributed by atoms with E-state index in [1.807, 2.05) is 13.8 Å². The summed E-state index contributed by atoms with van der Waals surface area (Å²) in [4.78, 5) is 28.1. The minimum atomic E-state index is -3.87. The average molecular weight is 563 g/mol. The van der Waals surface area contributed by atoms with Crippen molar-refractivity contribution in [3.8, 4) is 0 Å². The summed E-state index contributed by atoms with van der Waals surface area (Å²) in [6.07, 6.45) is 1.31. The second kappa shape index (κ2) is 12.3. The Morgan fingerprint density at radius 3 is 2.17 bits per heavy atom. The average Bonchev–Trinajstić information content (AvgIpc) is 2.74. The van der Waals surface area contributed by atoms with E-state index < -0.39 is 28.5 Å². The van der Waals surface area contributed by atoms with Gasteiger partial charge in [0, 0.05) is 33.2 Å². The fraction of sp³-hybridized carbons (Fsp3) is 0.417. The van der Waals surface area contributed by atoms with Crippen LogP contribution in [0.25, 0.3) is 0 Å². The maximum atomic E-state index is 13.7. The zero-order valence-corrected chi connectivity index (χ0v) is 23.4. The molecule has 192 valence electrons. The van der Waals surface area contributed by atoms with Gasteiger partial charge in [0.25, 0.3) is 0 Å². The van der Waals surface area contributed by atoms with Crippen LogP contribution in [0.15, 0.2) is 36.4 Å². The molecule has 0 saturated carbocycles. The van der Waals surface area contributed by atoms with Crippen molar-refractivity contribution in [2.24, 2.45) is 0 Å². The highest BCUT2D eigenvalue weighted by molar-refractivity contribution is 7.92. The molecular weight excluding hydrogens is 533 g/mol. The van der Waals surface area contributed by atoms with Crippen LogP contribution in [0, 0.1) is 6.92 Å². The van der Waals surface area contributed by atoms with Gasteiger partial charge in [-0.05, 0) is 57.0 Å². The minimum Gasteiger partial charge on any atom is -0.352 e. The number of aryl methyl sites for hydroxylation is 1. The van der Waals surface area contributed by atoms with Crippen molar-refractivity contribution in [3.05, 3.63) is 62.6 Å². The van der Waals surface area contributed by atoms with E-state index in [1.54, 1.807) is 44.2 Å². The molecule has 0 saturated heterocycles. The summed E-state index contributed by atoms with van der Waals surface area (Å²) < 4.78 is 26.4. The largest absolute Gasteiger partial charge is 0.352 e. The van der Waals surface area contributed by atoms with Crippen molar-refractivity contribution in [1.82, 2.24) is 10.2 Å². The molecule has 2 rings (SSSR count). The molecule has 0 fully saturated rings. The Bertz CT molecular complexity index is 1170. The number of nitrogens with zero attached hydrogens (tertiary/aromatic N) is 2. The molecule has 0 unspecified atom stereocenters. The van der Waals surface area contributed by atoms with E-state index in [0.29, 0.717) is 32.6 Å². The molecule has 2 amide bonds. The summed E-state index contributed by atoms with van der Waals surface area (Å²) in [6.45, 7) is 6.51. The van der Waals surface area contributed by atoms with E-state index in [9.17, 15) is 18.0 Å². The molecule has 0 spiro atoms. The number of benzene rings is 2. The Morgan fingerprint density at radius 1 is 1.06 bits per heavy atom. The van der Waals surface area contributed by atoms with Gasteiger partial charge in [-0.3, -0.25) is 13.9 Å². The van der Waals surface area contributed by atoms with E-state index in [1.165, 1.54) is 11.0 Å². The molecule has 1 N–H and O–H groups in total. The van der Waals surface area contributed by atoms with E-state index in [0.717, 1.165) is 10.6 Å². The zero-order valence-electron chi connectivity index (χ0n) is 20.3. The molecule has 7 nitrogen and oxygen atoms in total. The second-order valence-electron chi connectivity index (χ2n) is 8.51.